The van der Waals surface area contributed by atoms with E-state index >= 15 is 0 Å². The molecular formula is C17H15BrO2. The first-order valence-electron chi connectivity index (χ1n) is 6.64. The van der Waals surface area contributed by atoms with E-state index in [2.05, 4.69) is 28.9 Å². The summed E-state index contributed by atoms with van der Waals surface area (Å²) in [6, 6.07) is 15.7. The summed E-state index contributed by atoms with van der Waals surface area (Å²) in [5.41, 5.74) is 2.84. The summed E-state index contributed by atoms with van der Waals surface area (Å²) in [7, 11) is 0. The number of aliphatic hydroxyl groups excluding tert-OH is 1. The van der Waals surface area contributed by atoms with E-state index in [0.29, 0.717) is 5.76 Å². The second-order valence-electron chi connectivity index (χ2n) is 4.81. The van der Waals surface area contributed by atoms with Crippen LogP contribution >= 0.6 is 15.9 Å². The fourth-order valence-corrected chi connectivity index (χ4v) is 2.79. The highest BCUT2D eigenvalue weighted by atomic mass is 79.9. The van der Waals surface area contributed by atoms with Gasteiger partial charge in [0.1, 0.15) is 17.4 Å². The van der Waals surface area contributed by atoms with Gasteiger partial charge in [-0.25, -0.2) is 0 Å². The molecule has 0 bridgehead atoms. The van der Waals surface area contributed by atoms with Crippen LogP contribution in [0.2, 0.25) is 0 Å². The quantitative estimate of drug-likeness (QED) is 0.745. The van der Waals surface area contributed by atoms with Crippen LogP contribution in [0, 0.1) is 0 Å². The van der Waals surface area contributed by atoms with E-state index in [1.807, 2.05) is 42.5 Å². The molecule has 1 unspecified atom stereocenters. The van der Waals surface area contributed by atoms with Crippen LogP contribution < -0.4 is 0 Å². The van der Waals surface area contributed by atoms with Gasteiger partial charge in [0.05, 0.1) is 4.47 Å². The predicted molar refractivity (Wildman–Crippen MR) is 83.8 cm³/mol. The monoisotopic (exact) mass is 330 g/mol. The van der Waals surface area contributed by atoms with Crippen molar-refractivity contribution in [2.24, 2.45) is 0 Å². The fraction of sp³-hybridized carbons (Fsp3) is 0.176. The molecule has 3 heteroatoms. The number of hydrogen-bond donors (Lipinski definition) is 1. The van der Waals surface area contributed by atoms with Gasteiger partial charge in [-0.05, 0) is 45.6 Å². The molecule has 1 atom stereocenters. The molecule has 2 aromatic carbocycles. The SMILES string of the molecule is CCc1cccc(C(O)c2cc3cccc(Br)c3o2)c1. The summed E-state index contributed by atoms with van der Waals surface area (Å²) in [5, 5.41) is 11.5. The van der Waals surface area contributed by atoms with Crippen LogP contribution in [0.1, 0.15) is 29.9 Å². The molecule has 0 saturated carbocycles. The van der Waals surface area contributed by atoms with Crippen molar-refractivity contribution in [1.82, 2.24) is 0 Å². The van der Waals surface area contributed by atoms with Gasteiger partial charge in [-0.15, -0.1) is 0 Å². The lowest BCUT2D eigenvalue weighted by Gasteiger charge is -2.09. The van der Waals surface area contributed by atoms with Crippen LogP contribution in [0.15, 0.2) is 57.4 Å². The van der Waals surface area contributed by atoms with Crippen LogP contribution in [0.4, 0.5) is 0 Å². The molecule has 0 aliphatic heterocycles. The molecule has 0 saturated heterocycles. The molecule has 0 amide bonds. The van der Waals surface area contributed by atoms with Crippen molar-refractivity contribution in [2.75, 3.05) is 0 Å². The van der Waals surface area contributed by atoms with Crippen molar-refractivity contribution in [2.45, 2.75) is 19.4 Å². The molecule has 102 valence electrons. The third-order valence-corrected chi connectivity index (χ3v) is 4.08. The fourth-order valence-electron chi connectivity index (χ4n) is 2.33. The van der Waals surface area contributed by atoms with Gasteiger partial charge >= 0.3 is 0 Å². The van der Waals surface area contributed by atoms with Gasteiger partial charge in [0.15, 0.2) is 0 Å². The van der Waals surface area contributed by atoms with Crippen molar-refractivity contribution in [1.29, 1.82) is 0 Å². The topological polar surface area (TPSA) is 33.4 Å². The van der Waals surface area contributed by atoms with E-state index in [1.165, 1.54) is 5.56 Å². The molecule has 0 fully saturated rings. The van der Waals surface area contributed by atoms with Crippen LogP contribution in [0.5, 0.6) is 0 Å². The van der Waals surface area contributed by atoms with E-state index in [4.69, 9.17) is 4.42 Å². The number of benzene rings is 2. The summed E-state index contributed by atoms with van der Waals surface area (Å²) in [5.74, 6) is 0.570. The Morgan fingerprint density at radius 3 is 2.70 bits per heavy atom. The van der Waals surface area contributed by atoms with Crippen LogP contribution in [-0.4, -0.2) is 5.11 Å². The number of halogens is 1. The first-order chi connectivity index (χ1) is 9.69. The average molecular weight is 331 g/mol. The van der Waals surface area contributed by atoms with Gasteiger partial charge in [0.2, 0.25) is 0 Å². The second-order valence-corrected chi connectivity index (χ2v) is 5.66. The molecular weight excluding hydrogens is 316 g/mol. The maximum absolute atomic E-state index is 10.5. The molecule has 1 aromatic heterocycles. The lowest BCUT2D eigenvalue weighted by molar-refractivity contribution is 0.192. The lowest BCUT2D eigenvalue weighted by Crippen LogP contribution is -1.98. The summed E-state index contributed by atoms with van der Waals surface area (Å²) in [4.78, 5) is 0. The van der Waals surface area contributed by atoms with E-state index in [0.717, 1.165) is 27.4 Å². The minimum Gasteiger partial charge on any atom is -0.457 e. The normalized spacial score (nSPS) is 12.8. The Kier molecular flexibility index (Phi) is 3.64. The Hall–Kier alpha value is -1.58. The number of furan rings is 1. The number of hydrogen-bond acceptors (Lipinski definition) is 2. The highest BCUT2D eigenvalue weighted by Gasteiger charge is 2.16. The Labute approximate surface area is 126 Å². The Morgan fingerprint density at radius 1 is 1.15 bits per heavy atom. The third kappa shape index (κ3) is 2.39. The molecule has 0 radical (unpaired) electrons. The standard InChI is InChI=1S/C17H15BrO2/c1-2-11-5-3-6-12(9-11)16(19)15-10-13-7-4-8-14(18)17(13)20-15/h3-10,16,19H,2H2,1H3. The zero-order valence-electron chi connectivity index (χ0n) is 11.1. The average Bonchev–Trinajstić information content (AvgIpc) is 2.92. The zero-order chi connectivity index (χ0) is 14.1. The molecule has 0 aliphatic rings. The number of fused-ring (bicyclic) bond motifs is 1. The van der Waals surface area contributed by atoms with Gasteiger partial charge in [0, 0.05) is 5.39 Å². The van der Waals surface area contributed by atoms with Gasteiger partial charge in [0.25, 0.3) is 0 Å². The number of para-hydroxylation sites is 1. The first kappa shape index (κ1) is 13.4. The molecule has 0 aliphatic carbocycles. The maximum atomic E-state index is 10.5. The van der Waals surface area contributed by atoms with Crippen molar-refractivity contribution < 1.29 is 9.52 Å². The van der Waals surface area contributed by atoms with Crippen molar-refractivity contribution >= 4 is 26.9 Å². The predicted octanol–water partition coefficient (Wildman–Crippen LogP) is 4.84. The smallest absolute Gasteiger partial charge is 0.148 e. The Balaban J connectivity index is 2.03. The van der Waals surface area contributed by atoms with E-state index < -0.39 is 6.10 Å². The Morgan fingerprint density at radius 2 is 1.95 bits per heavy atom. The van der Waals surface area contributed by atoms with Crippen molar-refractivity contribution in [3.63, 3.8) is 0 Å². The Bertz CT molecular complexity index is 746. The van der Waals surface area contributed by atoms with E-state index in [1.54, 1.807) is 0 Å². The van der Waals surface area contributed by atoms with Crippen LogP contribution in [0.25, 0.3) is 11.0 Å². The van der Waals surface area contributed by atoms with Gasteiger partial charge in [-0.2, -0.15) is 0 Å². The van der Waals surface area contributed by atoms with Gasteiger partial charge in [-0.3, -0.25) is 0 Å². The number of aryl methyl sites for hydroxylation is 1. The highest BCUT2D eigenvalue weighted by molar-refractivity contribution is 9.10. The molecule has 3 aromatic rings. The summed E-state index contributed by atoms with van der Waals surface area (Å²) in [6.45, 7) is 2.10. The molecule has 0 spiro atoms. The lowest BCUT2D eigenvalue weighted by atomic mass is 10.0. The van der Waals surface area contributed by atoms with Gasteiger partial charge < -0.3 is 9.52 Å². The van der Waals surface area contributed by atoms with Gasteiger partial charge in [-0.1, -0.05) is 43.3 Å². The largest absolute Gasteiger partial charge is 0.457 e. The molecule has 3 rings (SSSR count). The number of aliphatic hydroxyl groups is 1. The summed E-state index contributed by atoms with van der Waals surface area (Å²) < 4.78 is 6.69. The van der Waals surface area contributed by atoms with E-state index in [-0.39, 0.29) is 0 Å². The van der Waals surface area contributed by atoms with Crippen LogP contribution in [-0.2, 0) is 6.42 Å². The minimum atomic E-state index is -0.735. The minimum absolute atomic E-state index is 0.570. The van der Waals surface area contributed by atoms with Crippen molar-refractivity contribution in [3.05, 3.63) is 69.9 Å². The second kappa shape index (κ2) is 5.43. The first-order valence-corrected chi connectivity index (χ1v) is 7.43. The number of rotatable bonds is 3. The zero-order valence-corrected chi connectivity index (χ0v) is 12.7. The molecule has 20 heavy (non-hydrogen) atoms. The molecule has 2 nitrogen and oxygen atoms in total. The highest BCUT2D eigenvalue weighted by Crippen LogP contribution is 2.32. The van der Waals surface area contributed by atoms with Crippen LogP contribution in [0.3, 0.4) is 0 Å². The molecule has 1 heterocycles. The third-order valence-electron chi connectivity index (χ3n) is 3.46. The maximum Gasteiger partial charge on any atom is 0.148 e. The summed E-state index contributed by atoms with van der Waals surface area (Å²) >= 11 is 3.46. The van der Waals surface area contributed by atoms with Crippen molar-refractivity contribution in [3.8, 4) is 0 Å². The van der Waals surface area contributed by atoms with E-state index in [9.17, 15) is 5.11 Å². The molecule has 1 N–H and O–H groups in total. The summed E-state index contributed by atoms with van der Waals surface area (Å²) in [6.07, 6.45) is 0.215.